The molecule has 0 spiro atoms. The van der Waals surface area contributed by atoms with Crippen molar-refractivity contribution in [3.05, 3.63) is 71.8 Å². The second-order valence-electron chi connectivity index (χ2n) is 7.40. The van der Waals surface area contributed by atoms with Crippen LogP contribution in [-0.4, -0.2) is 37.1 Å². The number of rotatable bonds is 4. The van der Waals surface area contributed by atoms with Crippen molar-refractivity contribution in [3.63, 3.8) is 0 Å². The van der Waals surface area contributed by atoms with Crippen LogP contribution in [-0.2, 0) is 25.1 Å². The maximum absolute atomic E-state index is 13.1. The lowest BCUT2D eigenvalue weighted by atomic mass is 9.97. The van der Waals surface area contributed by atoms with Crippen molar-refractivity contribution < 1.29 is 18.5 Å². The number of hydrogen-bond acceptors (Lipinski definition) is 4. The summed E-state index contributed by atoms with van der Waals surface area (Å²) in [5.74, 6) is -0.654. The van der Waals surface area contributed by atoms with Crippen molar-refractivity contribution in [2.45, 2.75) is 42.5 Å². The molecule has 6 heteroatoms. The van der Waals surface area contributed by atoms with Crippen LogP contribution < -0.4 is 0 Å². The van der Waals surface area contributed by atoms with E-state index in [2.05, 4.69) is 0 Å². The molecule has 0 aromatic heterocycles. The molecule has 0 radical (unpaired) electrons. The van der Waals surface area contributed by atoms with Crippen molar-refractivity contribution in [1.82, 2.24) is 4.90 Å². The van der Waals surface area contributed by atoms with Crippen LogP contribution in [0.4, 0.5) is 0 Å². The van der Waals surface area contributed by atoms with Crippen molar-refractivity contribution in [2.24, 2.45) is 0 Å². The highest BCUT2D eigenvalue weighted by atomic mass is 32.2. The van der Waals surface area contributed by atoms with Crippen LogP contribution >= 0.6 is 0 Å². The Morgan fingerprint density at radius 3 is 2.07 bits per heavy atom. The van der Waals surface area contributed by atoms with Crippen LogP contribution in [0.3, 0.4) is 0 Å². The molecular weight excluding hydrogens is 362 g/mol. The number of hydrogen-bond donors (Lipinski definition) is 0. The molecule has 2 saturated heterocycles. The third-order valence-electron chi connectivity index (χ3n) is 5.31. The summed E-state index contributed by atoms with van der Waals surface area (Å²) in [5, 5.41) is -0.378. The molecule has 2 aliphatic heterocycles. The van der Waals surface area contributed by atoms with Gasteiger partial charge in [-0.05, 0) is 25.0 Å². The Morgan fingerprint density at radius 2 is 1.59 bits per heavy atom. The number of carbonyl (C=O) groups excluding carboxylic acids is 2. The fourth-order valence-corrected chi connectivity index (χ4v) is 5.72. The van der Waals surface area contributed by atoms with Crippen LogP contribution in [0.2, 0.25) is 0 Å². The van der Waals surface area contributed by atoms with E-state index in [-0.39, 0.29) is 17.7 Å². The summed E-state index contributed by atoms with van der Waals surface area (Å²) in [7, 11) is -1.29. The highest BCUT2D eigenvalue weighted by Crippen LogP contribution is 2.44. The molecular formula is C21H21NO4S. The molecule has 0 bridgehead atoms. The predicted octanol–water partition coefficient (Wildman–Crippen LogP) is 2.79. The standard InChI is InChI=1S/C21H21NO4S/c1-21(2)19(22-16(23)13-17(22)27(21)25)20(24)26-18(14-9-5-3-6-10-14)15-11-7-4-8-12-15/h3-12,17-19H,13H2,1-2H3/t17-,19?,27?/m1/s1. The molecule has 0 saturated carbocycles. The second-order valence-corrected chi connectivity index (χ2v) is 9.59. The Bertz CT molecular complexity index is 857. The van der Waals surface area contributed by atoms with Gasteiger partial charge in [0.05, 0.1) is 22.0 Å². The number of carbonyl (C=O) groups is 2. The first kappa shape index (κ1) is 17.9. The van der Waals surface area contributed by atoms with Gasteiger partial charge in [-0.3, -0.25) is 9.00 Å². The molecule has 140 valence electrons. The number of amides is 1. The van der Waals surface area contributed by atoms with Crippen LogP contribution in [0.1, 0.15) is 37.5 Å². The number of nitrogens with zero attached hydrogens (tertiary/aromatic N) is 1. The Balaban J connectivity index is 1.66. The Morgan fingerprint density at radius 1 is 1.07 bits per heavy atom. The minimum atomic E-state index is -1.29. The van der Waals surface area contributed by atoms with Crippen LogP contribution in [0.15, 0.2) is 60.7 Å². The van der Waals surface area contributed by atoms with E-state index in [4.69, 9.17) is 4.74 Å². The van der Waals surface area contributed by atoms with E-state index in [1.54, 1.807) is 13.8 Å². The molecule has 2 heterocycles. The van der Waals surface area contributed by atoms with E-state index in [0.717, 1.165) is 11.1 Å². The molecule has 2 aromatic carbocycles. The van der Waals surface area contributed by atoms with Crippen molar-refractivity contribution >= 4 is 22.7 Å². The maximum Gasteiger partial charge on any atom is 0.331 e. The largest absolute Gasteiger partial charge is 0.451 e. The lowest BCUT2D eigenvalue weighted by Gasteiger charge is -2.37. The van der Waals surface area contributed by atoms with E-state index >= 15 is 0 Å². The van der Waals surface area contributed by atoms with Crippen LogP contribution in [0.5, 0.6) is 0 Å². The second kappa shape index (κ2) is 6.60. The molecule has 2 fully saturated rings. The lowest BCUT2D eigenvalue weighted by Crippen LogP contribution is -2.57. The van der Waals surface area contributed by atoms with E-state index in [0.29, 0.717) is 0 Å². The Kier molecular flexibility index (Phi) is 4.38. The van der Waals surface area contributed by atoms with E-state index < -0.39 is 33.7 Å². The third-order valence-corrected chi connectivity index (χ3v) is 7.46. The number of fused-ring (bicyclic) bond motifs is 1. The predicted molar refractivity (Wildman–Crippen MR) is 102 cm³/mol. The van der Waals surface area contributed by atoms with Gasteiger partial charge in [0.1, 0.15) is 11.4 Å². The zero-order valence-electron chi connectivity index (χ0n) is 15.2. The Hall–Kier alpha value is -2.47. The first-order valence-electron chi connectivity index (χ1n) is 8.93. The summed E-state index contributed by atoms with van der Waals surface area (Å²) >= 11 is 0. The van der Waals surface area contributed by atoms with Gasteiger partial charge in [-0.25, -0.2) is 4.79 Å². The molecule has 2 aromatic rings. The average Bonchev–Trinajstić information content (AvgIpc) is 2.84. The molecule has 4 rings (SSSR count). The minimum absolute atomic E-state index is 0.142. The molecule has 1 amide bonds. The molecule has 27 heavy (non-hydrogen) atoms. The summed E-state index contributed by atoms with van der Waals surface area (Å²) in [4.78, 5) is 26.7. The van der Waals surface area contributed by atoms with Gasteiger partial charge >= 0.3 is 5.97 Å². The van der Waals surface area contributed by atoms with Crippen molar-refractivity contribution in [2.75, 3.05) is 0 Å². The molecule has 0 N–H and O–H groups in total. The summed E-state index contributed by atoms with van der Waals surface area (Å²) in [6, 6.07) is 18.2. The maximum atomic E-state index is 13.1. The fraction of sp³-hybridized carbons (Fsp3) is 0.333. The molecule has 3 atom stereocenters. The molecule has 0 aliphatic carbocycles. The van der Waals surface area contributed by atoms with Gasteiger partial charge in [0.2, 0.25) is 5.91 Å². The van der Waals surface area contributed by atoms with Crippen LogP contribution in [0.25, 0.3) is 0 Å². The average molecular weight is 383 g/mol. The fourth-order valence-electron chi connectivity index (χ4n) is 3.85. The zero-order valence-corrected chi connectivity index (χ0v) is 16.0. The molecule has 2 unspecified atom stereocenters. The number of benzene rings is 2. The first-order valence-corrected chi connectivity index (χ1v) is 10.1. The van der Waals surface area contributed by atoms with Gasteiger partial charge in [0.15, 0.2) is 6.10 Å². The normalized spacial score (nSPS) is 25.8. The summed E-state index contributed by atoms with van der Waals surface area (Å²) < 4.78 is 17.8. The van der Waals surface area contributed by atoms with E-state index in [1.165, 1.54) is 4.90 Å². The SMILES string of the molecule is CC1(C)C(C(=O)OC(c2ccccc2)c2ccccc2)N2C(=O)C[C@H]2S1=O. The highest BCUT2D eigenvalue weighted by Gasteiger charge is 2.63. The van der Waals surface area contributed by atoms with Gasteiger partial charge in [-0.2, -0.15) is 0 Å². The minimum Gasteiger partial charge on any atom is -0.451 e. The van der Waals surface area contributed by atoms with Gasteiger partial charge in [0, 0.05) is 0 Å². The zero-order chi connectivity index (χ0) is 19.2. The number of β-lactam (4-membered cyclic amide) rings is 1. The van der Waals surface area contributed by atoms with Gasteiger partial charge in [-0.1, -0.05) is 60.7 Å². The quantitative estimate of drug-likeness (QED) is 0.602. The molecule has 2 aliphatic rings. The number of ether oxygens (including phenoxy) is 1. The van der Waals surface area contributed by atoms with Crippen LogP contribution in [0, 0.1) is 0 Å². The monoisotopic (exact) mass is 383 g/mol. The lowest BCUT2D eigenvalue weighted by molar-refractivity contribution is -0.164. The first-order chi connectivity index (χ1) is 12.9. The van der Waals surface area contributed by atoms with Crippen molar-refractivity contribution in [3.8, 4) is 0 Å². The van der Waals surface area contributed by atoms with Gasteiger partial charge in [-0.15, -0.1) is 0 Å². The number of esters is 1. The van der Waals surface area contributed by atoms with E-state index in [1.807, 2.05) is 60.7 Å². The highest BCUT2D eigenvalue weighted by molar-refractivity contribution is 7.87. The van der Waals surface area contributed by atoms with Gasteiger partial charge in [0.25, 0.3) is 0 Å². The third kappa shape index (κ3) is 2.88. The molecule has 5 nitrogen and oxygen atoms in total. The van der Waals surface area contributed by atoms with Crippen molar-refractivity contribution in [1.29, 1.82) is 0 Å². The van der Waals surface area contributed by atoms with Gasteiger partial charge < -0.3 is 9.64 Å². The smallest absolute Gasteiger partial charge is 0.331 e. The summed E-state index contributed by atoms with van der Waals surface area (Å²) in [6.45, 7) is 3.53. The topological polar surface area (TPSA) is 63.7 Å². The Labute approximate surface area is 160 Å². The summed E-state index contributed by atoms with van der Waals surface area (Å²) in [6.07, 6.45) is -0.347. The summed E-state index contributed by atoms with van der Waals surface area (Å²) in [5.41, 5.74) is 1.70. The van der Waals surface area contributed by atoms with E-state index in [9.17, 15) is 13.8 Å².